The molecule has 0 unspecified atom stereocenters. The van der Waals surface area contributed by atoms with Gasteiger partial charge in [-0.25, -0.2) is 17.7 Å². The topological polar surface area (TPSA) is 79.0 Å². The molecule has 1 fully saturated rings. The highest BCUT2D eigenvalue weighted by Gasteiger charge is 2.29. The number of benzene rings is 1. The lowest BCUT2D eigenvalue weighted by Gasteiger charge is -2.29. The van der Waals surface area contributed by atoms with Gasteiger partial charge >= 0.3 is 0 Å². The molecular formula is C15H20N4O2S. The molecule has 1 aliphatic rings. The van der Waals surface area contributed by atoms with Crippen molar-refractivity contribution < 1.29 is 8.42 Å². The van der Waals surface area contributed by atoms with Crippen LogP contribution in [0.1, 0.15) is 31.5 Å². The molecule has 1 aromatic carbocycles. The first-order valence-electron chi connectivity index (χ1n) is 7.55. The van der Waals surface area contributed by atoms with Crippen molar-refractivity contribution in [1.82, 2.24) is 19.5 Å². The molecule has 1 N–H and O–H groups in total. The van der Waals surface area contributed by atoms with E-state index in [1.54, 1.807) is 11.2 Å². The molecule has 0 spiro atoms. The smallest absolute Gasteiger partial charge is 0.213 e. The van der Waals surface area contributed by atoms with Crippen LogP contribution in [0.3, 0.4) is 0 Å². The Morgan fingerprint density at radius 3 is 2.55 bits per heavy atom. The summed E-state index contributed by atoms with van der Waals surface area (Å²) in [6.07, 6.45) is 1.56. The molecular weight excluding hydrogens is 300 g/mol. The summed E-state index contributed by atoms with van der Waals surface area (Å²) < 4.78 is 25.3. The van der Waals surface area contributed by atoms with Crippen molar-refractivity contribution in [2.75, 3.05) is 18.8 Å². The van der Waals surface area contributed by atoms with E-state index in [0.29, 0.717) is 18.9 Å². The number of aromatic nitrogens is 3. The molecule has 118 valence electrons. The second-order valence-electron chi connectivity index (χ2n) is 5.48. The van der Waals surface area contributed by atoms with Gasteiger partial charge in [0.2, 0.25) is 10.0 Å². The Morgan fingerprint density at radius 1 is 1.23 bits per heavy atom. The molecule has 22 heavy (non-hydrogen) atoms. The van der Waals surface area contributed by atoms with Crippen molar-refractivity contribution >= 4 is 10.0 Å². The molecule has 0 aliphatic carbocycles. The Balaban J connectivity index is 1.69. The van der Waals surface area contributed by atoms with Crippen LogP contribution in [0.2, 0.25) is 0 Å². The predicted octanol–water partition coefficient (Wildman–Crippen LogP) is 2.00. The highest BCUT2D eigenvalue weighted by molar-refractivity contribution is 7.89. The zero-order chi connectivity index (χ0) is 15.6. The van der Waals surface area contributed by atoms with Crippen LogP contribution in [0.25, 0.3) is 11.4 Å². The lowest BCUT2D eigenvalue weighted by molar-refractivity contribution is 0.314. The molecule has 1 saturated heterocycles. The molecule has 3 rings (SSSR count). The van der Waals surface area contributed by atoms with E-state index in [2.05, 4.69) is 15.2 Å². The highest BCUT2D eigenvalue weighted by atomic mass is 32.2. The van der Waals surface area contributed by atoms with Gasteiger partial charge in [0.15, 0.2) is 5.82 Å². The molecule has 1 aliphatic heterocycles. The van der Waals surface area contributed by atoms with E-state index in [1.807, 2.05) is 30.3 Å². The van der Waals surface area contributed by atoms with E-state index in [0.717, 1.165) is 24.2 Å². The number of nitrogens with one attached hydrogen (secondary N) is 1. The maximum atomic E-state index is 11.9. The average Bonchev–Trinajstić information content (AvgIpc) is 3.06. The fourth-order valence-electron chi connectivity index (χ4n) is 2.76. The summed E-state index contributed by atoms with van der Waals surface area (Å²) in [5.41, 5.74) is 0.982. The highest BCUT2D eigenvalue weighted by Crippen LogP contribution is 2.28. The van der Waals surface area contributed by atoms with Gasteiger partial charge in [-0.1, -0.05) is 30.3 Å². The third kappa shape index (κ3) is 3.05. The minimum absolute atomic E-state index is 0.165. The molecule has 0 saturated carbocycles. The minimum atomic E-state index is -3.08. The minimum Gasteiger partial charge on any atom is -0.262 e. The molecule has 0 amide bonds. The summed E-state index contributed by atoms with van der Waals surface area (Å²) in [5.74, 6) is 1.96. The third-order valence-corrected chi connectivity index (χ3v) is 6.02. The predicted molar refractivity (Wildman–Crippen MR) is 84.8 cm³/mol. The first-order valence-corrected chi connectivity index (χ1v) is 9.16. The first kappa shape index (κ1) is 15.2. The Morgan fingerprint density at radius 2 is 1.91 bits per heavy atom. The van der Waals surface area contributed by atoms with Gasteiger partial charge < -0.3 is 0 Å². The number of H-pyrrole nitrogens is 1. The fraction of sp³-hybridized carbons (Fsp3) is 0.467. The monoisotopic (exact) mass is 320 g/mol. The Kier molecular flexibility index (Phi) is 4.26. The van der Waals surface area contributed by atoms with Crippen LogP contribution >= 0.6 is 0 Å². The van der Waals surface area contributed by atoms with Crippen molar-refractivity contribution in [2.45, 2.75) is 25.7 Å². The quantitative estimate of drug-likeness (QED) is 0.934. The summed E-state index contributed by atoms with van der Waals surface area (Å²) in [6, 6.07) is 9.83. The van der Waals surface area contributed by atoms with Crippen LogP contribution < -0.4 is 0 Å². The lowest BCUT2D eigenvalue weighted by atomic mass is 9.97. The van der Waals surface area contributed by atoms with E-state index in [1.165, 1.54) is 0 Å². The number of nitrogens with zero attached hydrogens (tertiary/aromatic N) is 3. The van der Waals surface area contributed by atoms with Gasteiger partial charge in [-0.2, -0.15) is 5.10 Å². The number of sulfonamides is 1. The molecule has 2 aromatic rings. The van der Waals surface area contributed by atoms with Gasteiger partial charge in [-0.15, -0.1) is 0 Å². The van der Waals surface area contributed by atoms with Crippen molar-refractivity contribution in [3.63, 3.8) is 0 Å². The molecule has 0 atom stereocenters. The fourth-order valence-corrected chi connectivity index (χ4v) is 3.90. The van der Waals surface area contributed by atoms with Gasteiger partial charge in [0.25, 0.3) is 0 Å². The number of piperidine rings is 1. The number of aromatic amines is 1. The largest absolute Gasteiger partial charge is 0.262 e. The van der Waals surface area contributed by atoms with Crippen molar-refractivity contribution in [3.8, 4) is 11.4 Å². The molecule has 6 nitrogen and oxygen atoms in total. The summed E-state index contributed by atoms with van der Waals surface area (Å²) >= 11 is 0. The number of rotatable bonds is 4. The van der Waals surface area contributed by atoms with Gasteiger partial charge in [0, 0.05) is 24.6 Å². The second-order valence-corrected chi connectivity index (χ2v) is 7.74. The van der Waals surface area contributed by atoms with Crippen molar-refractivity contribution in [2.24, 2.45) is 0 Å². The van der Waals surface area contributed by atoms with E-state index in [-0.39, 0.29) is 11.7 Å². The van der Waals surface area contributed by atoms with E-state index >= 15 is 0 Å². The average molecular weight is 320 g/mol. The molecule has 0 radical (unpaired) electrons. The lowest BCUT2D eigenvalue weighted by Crippen LogP contribution is -2.38. The van der Waals surface area contributed by atoms with Gasteiger partial charge in [-0.3, -0.25) is 5.10 Å². The van der Waals surface area contributed by atoms with E-state index < -0.39 is 10.0 Å². The molecule has 0 bridgehead atoms. The van der Waals surface area contributed by atoms with Crippen LogP contribution in [-0.4, -0.2) is 46.7 Å². The van der Waals surface area contributed by atoms with E-state index in [9.17, 15) is 8.42 Å². The van der Waals surface area contributed by atoms with Crippen LogP contribution in [-0.2, 0) is 10.0 Å². The van der Waals surface area contributed by atoms with Crippen LogP contribution in [0.4, 0.5) is 0 Å². The van der Waals surface area contributed by atoms with Crippen LogP contribution in [0, 0.1) is 0 Å². The van der Waals surface area contributed by atoms with E-state index in [4.69, 9.17) is 0 Å². The van der Waals surface area contributed by atoms with Crippen LogP contribution in [0.15, 0.2) is 30.3 Å². The summed E-state index contributed by atoms with van der Waals surface area (Å²) in [7, 11) is -3.08. The number of hydrogen-bond donors (Lipinski definition) is 1. The summed E-state index contributed by atoms with van der Waals surface area (Å²) in [5, 5.41) is 7.29. The molecule has 2 heterocycles. The maximum absolute atomic E-state index is 11.9. The zero-order valence-corrected chi connectivity index (χ0v) is 13.4. The van der Waals surface area contributed by atoms with Gasteiger partial charge in [0.05, 0.1) is 5.75 Å². The molecule has 7 heteroatoms. The summed E-state index contributed by atoms with van der Waals surface area (Å²) in [4.78, 5) is 4.58. The Hall–Kier alpha value is -1.73. The number of hydrogen-bond acceptors (Lipinski definition) is 4. The van der Waals surface area contributed by atoms with Gasteiger partial charge in [-0.05, 0) is 19.8 Å². The molecule has 1 aromatic heterocycles. The van der Waals surface area contributed by atoms with Crippen molar-refractivity contribution in [3.05, 3.63) is 36.2 Å². The summed E-state index contributed by atoms with van der Waals surface area (Å²) in [6.45, 7) is 2.80. The van der Waals surface area contributed by atoms with Gasteiger partial charge in [0.1, 0.15) is 5.82 Å². The normalized spacial score (nSPS) is 17.7. The van der Waals surface area contributed by atoms with Crippen LogP contribution in [0.5, 0.6) is 0 Å². The standard InChI is InChI=1S/C15H20N4O2S/c1-2-22(20,21)19-10-8-13(9-11-19)15-16-14(17-18-15)12-6-4-3-5-7-12/h3-7,13H,2,8-11H2,1H3,(H,16,17,18). The van der Waals surface area contributed by atoms with Crippen molar-refractivity contribution in [1.29, 1.82) is 0 Å². The third-order valence-electron chi connectivity index (χ3n) is 4.13. The Labute approximate surface area is 130 Å². The maximum Gasteiger partial charge on any atom is 0.213 e. The first-order chi connectivity index (χ1) is 10.6. The Bertz CT molecular complexity index is 719. The second kappa shape index (κ2) is 6.18. The SMILES string of the molecule is CCS(=O)(=O)N1CCC(c2nc(-c3ccccc3)n[nH]2)CC1. The zero-order valence-electron chi connectivity index (χ0n) is 12.6.